The summed E-state index contributed by atoms with van der Waals surface area (Å²) < 4.78 is 0.997. The van der Waals surface area contributed by atoms with Gasteiger partial charge in [0.2, 0.25) is 0 Å². The van der Waals surface area contributed by atoms with E-state index in [2.05, 4.69) is 10.7 Å². The van der Waals surface area contributed by atoms with Gasteiger partial charge in [0, 0.05) is 0 Å². The van der Waals surface area contributed by atoms with Crippen molar-refractivity contribution < 1.29 is 0 Å². The molecule has 0 aliphatic carbocycles. The average molecular weight is 125 g/mol. The summed E-state index contributed by atoms with van der Waals surface area (Å²) in [6.07, 6.45) is 2.75. The Morgan fingerprint density at radius 3 is 2.38 bits per heavy atom. The van der Waals surface area contributed by atoms with Gasteiger partial charge in [0.1, 0.15) is 0 Å². The summed E-state index contributed by atoms with van der Waals surface area (Å²) in [6, 6.07) is 0. The van der Waals surface area contributed by atoms with Crippen LogP contribution in [0.1, 0.15) is 12.8 Å². The zero-order valence-corrected chi connectivity index (χ0v) is 6.34. The second-order valence-corrected chi connectivity index (χ2v) is 3.74. The third kappa shape index (κ3) is 1.70. The van der Waals surface area contributed by atoms with Crippen LogP contribution in [-0.2, 0) is 0 Å². The van der Waals surface area contributed by atoms with E-state index in [-0.39, 0.29) is 0 Å². The second kappa shape index (κ2) is 3.40. The van der Waals surface area contributed by atoms with E-state index in [1.807, 2.05) is 0 Å². The van der Waals surface area contributed by atoms with E-state index in [1.165, 1.54) is 25.9 Å². The fourth-order valence-corrected chi connectivity index (χ4v) is 1.88. The van der Waals surface area contributed by atoms with E-state index in [9.17, 15) is 0 Å². The number of hydrogen-bond donors (Lipinski definition) is 1. The fraction of sp³-hybridized carbons (Fsp3) is 0.833. The molecule has 0 amide bonds. The fourth-order valence-electron chi connectivity index (χ4n) is 1.08. The molecule has 1 nitrogen and oxygen atoms in total. The molecule has 1 N–H and O–H groups in total. The van der Waals surface area contributed by atoms with E-state index >= 15 is 0 Å². The van der Waals surface area contributed by atoms with E-state index in [0.717, 1.165) is 4.78 Å². The van der Waals surface area contributed by atoms with Gasteiger partial charge in [-0.3, -0.25) is 0 Å². The maximum atomic E-state index is 3.96. The van der Waals surface area contributed by atoms with Crippen LogP contribution < -0.4 is 5.32 Å². The molecule has 0 atom stereocenters. The Labute approximate surface area is 56.7 Å². The molecular formula is C6H12AlN. The normalized spacial score (nSPS) is 22.5. The van der Waals surface area contributed by atoms with Gasteiger partial charge in [0.25, 0.3) is 0 Å². The van der Waals surface area contributed by atoms with Gasteiger partial charge in [-0.2, -0.15) is 0 Å². The molecule has 1 saturated heterocycles. The molecule has 1 heterocycles. The SMILES string of the molecule is [CH2]=[Al][CH]1CCNCC1. The molecule has 0 aromatic carbocycles. The van der Waals surface area contributed by atoms with Crippen LogP contribution in [0.3, 0.4) is 0 Å². The van der Waals surface area contributed by atoms with Gasteiger partial charge in [0.05, 0.1) is 0 Å². The summed E-state index contributed by atoms with van der Waals surface area (Å²) >= 11 is 0.498. The van der Waals surface area contributed by atoms with Gasteiger partial charge >= 0.3 is 56.2 Å². The Hall–Kier alpha value is 0.362. The number of rotatable bonds is 1. The summed E-state index contributed by atoms with van der Waals surface area (Å²) in [4.78, 5) is 0. The average Bonchev–Trinajstić information content (AvgIpc) is 1.90. The van der Waals surface area contributed by atoms with Crippen molar-refractivity contribution in [2.45, 2.75) is 17.6 Å². The zero-order chi connectivity index (χ0) is 5.82. The van der Waals surface area contributed by atoms with Crippen molar-refractivity contribution in [3.63, 3.8) is 0 Å². The molecule has 44 valence electrons. The minimum absolute atomic E-state index is 0.498. The van der Waals surface area contributed by atoms with Crippen molar-refractivity contribution in [1.29, 1.82) is 0 Å². The first-order valence-corrected chi connectivity index (χ1v) is 4.75. The van der Waals surface area contributed by atoms with Crippen molar-refractivity contribution in [2.24, 2.45) is 0 Å². The van der Waals surface area contributed by atoms with E-state index in [1.54, 1.807) is 0 Å². The molecule has 0 bridgehead atoms. The predicted octanol–water partition coefficient (Wildman–Crippen LogP) is 0.295. The van der Waals surface area contributed by atoms with Gasteiger partial charge in [-0.1, -0.05) is 0 Å². The van der Waals surface area contributed by atoms with E-state index in [0.29, 0.717) is 14.8 Å². The zero-order valence-electron chi connectivity index (χ0n) is 5.19. The topological polar surface area (TPSA) is 12.0 Å². The van der Waals surface area contributed by atoms with Gasteiger partial charge in [-0.25, -0.2) is 0 Å². The molecule has 0 radical (unpaired) electrons. The van der Waals surface area contributed by atoms with Gasteiger partial charge in [-0.15, -0.1) is 0 Å². The predicted molar refractivity (Wildman–Crippen MR) is 38.7 cm³/mol. The van der Waals surface area contributed by atoms with Crippen molar-refractivity contribution in [1.82, 2.24) is 5.32 Å². The molecule has 0 spiro atoms. The summed E-state index contributed by atoms with van der Waals surface area (Å²) in [5.74, 6) is 0. The monoisotopic (exact) mass is 125 g/mol. The third-order valence-electron chi connectivity index (χ3n) is 1.72. The van der Waals surface area contributed by atoms with Gasteiger partial charge < -0.3 is 0 Å². The molecule has 2 heteroatoms. The first-order valence-electron chi connectivity index (χ1n) is 3.27. The first kappa shape index (κ1) is 6.48. The maximum absolute atomic E-state index is 3.96. The van der Waals surface area contributed by atoms with Crippen LogP contribution in [0.5, 0.6) is 0 Å². The van der Waals surface area contributed by atoms with Crippen molar-refractivity contribution in [3.05, 3.63) is 0 Å². The van der Waals surface area contributed by atoms with Crippen LogP contribution in [0.25, 0.3) is 0 Å². The Bertz CT molecular complexity index is 76.6. The molecule has 1 fully saturated rings. The number of piperidine rings is 1. The molecule has 1 aliphatic heterocycles. The summed E-state index contributed by atoms with van der Waals surface area (Å²) in [5.41, 5.74) is 0. The molecular weight excluding hydrogens is 113 g/mol. The number of hydrogen-bond acceptors (Lipinski definition) is 1. The van der Waals surface area contributed by atoms with E-state index < -0.39 is 0 Å². The molecule has 1 aliphatic rings. The van der Waals surface area contributed by atoms with Crippen molar-refractivity contribution in [3.8, 4) is 0 Å². The van der Waals surface area contributed by atoms with Crippen LogP contribution in [0, 0.1) is 0 Å². The Morgan fingerprint density at radius 2 is 2.00 bits per heavy atom. The van der Waals surface area contributed by atoms with Crippen LogP contribution in [0.2, 0.25) is 4.78 Å². The summed E-state index contributed by atoms with van der Waals surface area (Å²) in [6.45, 7) is 2.46. The molecule has 8 heavy (non-hydrogen) atoms. The van der Waals surface area contributed by atoms with E-state index in [4.69, 9.17) is 0 Å². The quantitative estimate of drug-likeness (QED) is 0.497. The second-order valence-electron chi connectivity index (χ2n) is 2.32. The Balaban J connectivity index is 2.22. The van der Waals surface area contributed by atoms with Crippen molar-refractivity contribution in [2.75, 3.05) is 13.1 Å². The summed E-state index contributed by atoms with van der Waals surface area (Å²) in [5, 5.41) is 7.30. The van der Waals surface area contributed by atoms with Crippen LogP contribution in [-0.4, -0.2) is 33.3 Å². The third-order valence-corrected chi connectivity index (χ3v) is 3.05. The minimum atomic E-state index is 0.498. The molecule has 0 saturated carbocycles. The molecule has 0 unspecified atom stereocenters. The molecule has 1 rings (SSSR count). The Kier molecular flexibility index (Phi) is 2.75. The van der Waals surface area contributed by atoms with Crippen LogP contribution in [0.15, 0.2) is 0 Å². The van der Waals surface area contributed by atoms with Gasteiger partial charge in [-0.05, 0) is 0 Å². The van der Waals surface area contributed by atoms with Gasteiger partial charge in [0.15, 0.2) is 0 Å². The van der Waals surface area contributed by atoms with Crippen LogP contribution >= 0.6 is 0 Å². The molecule has 0 aromatic rings. The standard InChI is InChI=1S/C5H10N.CH2.Al/c1-2-4-6-5-3-1;;/h1,6H,2-5H2;1H2;. The first-order chi connectivity index (χ1) is 3.93. The number of nitrogens with one attached hydrogen (secondary N) is 1. The van der Waals surface area contributed by atoms with Crippen molar-refractivity contribution >= 4 is 20.2 Å². The summed E-state index contributed by atoms with van der Waals surface area (Å²) in [7, 11) is 0. The van der Waals surface area contributed by atoms with Crippen LogP contribution in [0.4, 0.5) is 0 Å². The Morgan fingerprint density at radius 1 is 1.38 bits per heavy atom. The molecule has 0 aromatic heterocycles.